The Balaban J connectivity index is 2.35. The number of carbonyl (C=O) groups excluding carboxylic acids is 1. The molecule has 0 aliphatic carbocycles. The van der Waals surface area contributed by atoms with E-state index in [1.807, 2.05) is 24.8 Å². The molecular weight excluding hydrogens is 193 g/mol. The van der Waals surface area contributed by atoms with Crippen molar-refractivity contribution in [2.45, 2.75) is 25.8 Å². The Morgan fingerprint density at radius 2 is 2.13 bits per heavy atom. The molecule has 2 rings (SSSR count). The van der Waals surface area contributed by atoms with Crippen LogP contribution in [0.1, 0.15) is 20.3 Å². The maximum atomic E-state index is 13.1. The van der Waals surface area contributed by atoms with E-state index in [1.165, 1.54) is 12.1 Å². The van der Waals surface area contributed by atoms with Crippen molar-refractivity contribution in [3.8, 4) is 0 Å². The van der Waals surface area contributed by atoms with Crippen LogP contribution in [0.4, 0.5) is 10.1 Å². The second-order valence-corrected chi connectivity index (χ2v) is 4.59. The van der Waals surface area contributed by atoms with Crippen LogP contribution in [0, 0.1) is 5.82 Å². The highest BCUT2D eigenvalue weighted by molar-refractivity contribution is 5.89. The summed E-state index contributed by atoms with van der Waals surface area (Å²) < 4.78 is 13.1. The van der Waals surface area contributed by atoms with Gasteiger partial charge in [-0.2, -0.15) is 0 Å². The summed E-state index contributed by atoms with van der Waals surface area (Å²) in [6.07, 6.45) is 0.531. The van der Waals surface area contributed by atoms with Crippen LogP contribution in [0.25, 0.3) is 0 Å². The Hall–Kier alpha value is -1.38. The van der Waals surface area contributed by atoms with Gasteiger partial charge in [-0.15, -0.1) is 0 Å². The largest absolute Gasteiger partial charge is 0.359 e. The van der Waals surface area contributed by atoms with Gasteiger partial charge in [0.1, 0.15) is 5.82 Å². The van der Waals surface area contributed by atoms with Crippen molar-refractivity contribution in [2.75, 3.05) is 11.4 Å². The molecule has 0 spiro atoms. The van der Waals surface area contributed by atoms with Crippen LogP contribution >= 0.6 is 0 Å². The molecule has 1 aromatic rings. The molecule has 0 N–H and O–H groups in total. The van der Waals surface area contributed by atoms with Crippen molar-refractivity contribution < 1.29 is 9.18 Å². The summed E-state index contributed by atoms with van der Waals surface area (Å²) in [5, 5.41) is 0. The third-order valence-corrected chi connectivity index (χ3v) is 2.81. The van der Waals surface area contributed by atoms with Crippen LogP contribution < -0.4 is 4.90 Å². The molecule has 2 nitrogen and oxygen atoms in total. The van der Waals surface area contributed by atoms with Gasteiger partial charge < -0.3 is 4.90 Å². The summed E-state index contributed by atoms with van der Waals surface area (Å²) in [6, 6.07) is 6.39. The minimum absolute atomic E-state index is 0.203. The van der Waals surface area contributed by atoms with E-state index in [9.17, 15) is 9.18 Å². The smallest absolute Gasteiger partial charge is 0.154 e. The molecule has 0 saturated carbocycles. The maximum absolute atomic E-state index is 13.1. The van der Waals surface area contributed by atoms with Gasteiger partial charge in [-0.25, -0.2) is 4.39 Å². The van der Waals surface area contributed by atoms with Gasteiger partial charge in [0.05, 0.1) is 6.54 Å². The molecule has 0 aromatic heterocycles. The fraction of sp³-hybridized carbons (Fsp3) is 0.417. The number of anilines is 1. The van der Waals surface area contributed by atoms with Crippen molar-refractivity contribution in [1.29, 1.82) is 0 Å². The first kappa shape index (κ1) is 10.1. The fourth-order valence-corrected chi connectivity index (χ4v) is 2.11. The van der Waals surface area contributed by atoms with Gasteiger partial charge in [-0.3, -0.25) is 4.79 Å². The molecule has 1 aliphatic heterocycles. The number of Topliss-reactive ketones (excluding diaryl/α,β-unsaturated/α-hetero) is 1. The van der Waals surface area contributed by atoms with Crippen molar-refractivity contribution in [2.24, 2.45) is 0 Å². The van der Waals surface area contributed by atoms with E-state index < -0.39 is 0 Å². The summed E-state index contributed by atoms with van der Waals surface area (Å²) in [5.74, 6) is -0.0492. The molecule has 0 atom stereocenters. The first-order valence-corrected chi connectivity index (χ1v) is 5.04. The van der Waals surface area contributed by atoms with Gasteiger partial charge >= 0.3 is 0 Å². The van der Waals surface area contributed by atoms with Crippen LogP contribution in [-0.4, -0.2) is 17.9 Å². The van der Waals surface area contributed by atoms with Gasteiger partial charge in [-0.1, -0.05) is 6.07 Å². The third-order valence-electron chi connectivity index (χ3n) is 2.81. The lowest BCUT2D eigenvalue weighted by Gasteiger charge is -2.32. The highest BCUT2D eigenvalue weighted by Crippen LogP contribution is 2.31. The van der Waals surface area contributed by atoms with E-state index in [4.69, 9.17) is 0 Å². The molecule has 3 heteroatoms. The predicted octanol–water partition coefficient (Wildman–Crippen LogP) is 2.38. The van der Waals surface area contributed by atoms with Gasteiger partial charge in [0.2, 0.25) is 0 Å². The van der Waals surface area contributed by atoms with E-state index in [1.54, 1.807) is 6.07 Å². The molecule has 1 fully saturated rings. The first-order valence-electron chi connectivity index (χ1n) is 5.04. The average molecular weight is 207 g/mol. The molecule has 1 saturated heterocycles. The van der Waals surface area contributed by atoms with Crippen LogP contribution in [0.2, 0.25) is 0 Å². The number of carbonyl (C=O) groups is 1. The monoisotopic (exact) mass is 207 g/mol. The summed E-state index contributed by atoms with van der Waals surface area (Å²) in [5.41, 5.74) is 0.580. The van der Waals surface area contributed by atoms with Crippen molar-refractivity contribution >= 4 is 11.5 Å². The van der Waals surface area contributed by atoms with Crippen molar-refractivity contribution in [3.05, 3.63) is 30.1 Å². The quantitative estimate of drug-likeness (QED) is 0.704. The number of rotatable bonds is 1. The molecule has 0 radical (unpaired) electrons. The van der Waals surface area contributed by atoms with Gasteiger partial charge in [0.15, 0.2) is 5.78 Å². The Kier molecular flexibility index (Phi) is 2.25. The van der Waals surface area contributed by atoms with E-state index in [2.05, 4.69) is 0 Å². The summed E-state index contributed by atoms with van der Waals surface area (Å²) in [4.78, 5) is 13.3. The van der Waals surface area contributed by atoms with Gasteiger partial charge in [0, 0.05) is 17.6 Å². The van der Waals surface area contributed by atoms with Crippen LogP contribution in [0.3, 0.4) is 0 Å². The number of benzene rings is 1. The van der Waals surface area contributed by atoms with Crippen LogP contribution in [-0.2, 0) is 4.79 Å². The van der Waals surface area contributed by atoms with E-state index in [0.29, 0.717) is 13.0 Å². The average Bonchev–Trinajstić information content (AvgIpc) is 2.39. The minimum atomic E-state index is -0.261. The van der Waals surface area contributed by atoms with E-state index in [-0.39, 0.29) is 17.1 Å². The van der Waals surface area contributed by atoms with Crippen molar-refractivity contribution in [3.63, 3.8) is 0 Å². The number of halogens is 1. The van der Waals surface area contributed by atoms with Crippen LogP contribution in [0.5, 0.6) is 0 Å². The molecule has 80 valence electrons. The van der Waals surface area contributed by atoms with Gasteiger partial charge in [-0.05, 0) is 32.0 Å². The molecule has 15 heavy (non-hydrogen) atoms. The SMILES string of the molecule is CC1(C)CC(=O)CN1c1cccc(F)c1. The standard InChI is InChI=1S/C12H14FNO/c1-12(2)7-11(15)8-14(12)10-5-3-4-9(13)6-10/h3-6H,7-8H2,1-2H3. The summed E-state index contributed by atoms with van der Waals surface area (Å²) in [6.45, 7) is 4.39. The van der Waals surface area contributed by atoms with E-state index in [0.717, 1.165) is 5.69 Å². The fourth-order valence-electron chi connectivity index (χ4n) is 2.11. The Morgan fingerprint density at radius 1 is 1.40 bits per heavy atom. The number of ketones is 1. The Labute approximate surface area is 88.7 Å². The maximum Gasteiger partial charge on any atom is 0.154 e. The minimum Gasteiger partial charge on any atom is -0.359 e. The van der Waals surface area contributed by atoms with Crippen LogP contribution in [0.15, 0.2) is 24.3 Å². The Morgan fingerprint density at radius 3 is 2.67 bits per heavy atom. The second kappa shape index (κ2) is 3.33. The molecule has 0 unspecified atom stereocenters. The molecule has 0 bridgehead atoms. The van der Waals surface area contributed by atoms with E-state index >= 15 is 0 Å². The molecule has 1 aromatic carbocycles. The normalized spacial score (nSPS) is 19.7. The van der Waals surface area contributed by atoms with Gasteiger partial charge in [0.25, 0.3) is 0 Å². The molecule has 0 amide bonds. The highest BCUT2D eigenvalue weighted by Gasteiger charge is 2.37. The second-order valence-electron chi connectivity index (χ2n) is 4.59. The third kappa shape index (κ3) is 1.87. The van der Waals surface area contributed by atoms with Crippen molar-refractivity contribution in [1.82, 2.24) is 0 Å². The zero-order chi connectivity index (χ0) is 11.1. The lowest BCUT2D eigenvalue weighted by atomic mass is 10.0. The summed E-state index contributed by atoms with van der Waals surface area (Å²) in [7, 11) is 0. The lowest BCUT2D eigenvalue weighted by Crippen LogP contribution is -2.38. The molecule has 1 heterocycles. The lowest BCUT2D eigenvalue weighted by molar-refractivity contribution is -0.116. The number of hydrogen-bond donors (Lipinski definition) is 0. The first-order chi connectivity index (χ1) is 6.99. The number of hydrogen-bond acceptors (Lipinski definition) is 2. The molecular formula is C12H14FNO. The highest BCUT2D eigenvalue weighted by atomic mass is 19.1. The Bertz CT molecular complexity index is 400. The zero-order valence-corrected chi connectivity index (χ0v) is 8.96. The topological polar surface area (TPSA) is 20.3 Å². The zero-order valence-electron chi connectivity index (χ0n) is 8.96. The summed E-state index contributed by atoms with van der Waals surface area (Å²) >= 11 is 0. The predicted molar refractivity (Wildman–Crippen MR) is 57.4 cm³/mol. The number of nitrogens with zero attached hydrogens (tertiary/aromatic N) is 1. The molecule has 1 aliphatic rings.